The Hall–Kier alpha value is -1.26. The van der Waals surface area contributed by atoms with Crippen LogP contribution >= 0.6 is 9.24 Å². The lowest BCUT2D eigenvalue weighted by molar-refractivity contribution is -0.00129. The molecule has 1 saturated carbocycles. The molecule has 0 radical (unpaired) electrons. The van der Waals surface area contributed by atoms with Gasteiger partial charge in [-0.1, -0.05) is 0 Å². The second kappa shape index (κ2) is 4.20. The number of ether oxygens (including phenoxy) is 1. The summed E-state index contributed by atoms with van der Waals surface area (Å²) < 4.78 is 7.58. The Kier molecular flexibility index (Phi) is 2.68. The van der Waals surface area contributed by atoms with Gasteiger partial charge in [0.1, 0.15) is 11.8 Å². The Morgan fingerprint density at radius 3 is 3.00 bits per heavy atom. The van der Waals surface area contributed by atoms with Crippen molar-refractivity contribution in [3.05, 3.63) is 12.7 Å². The first-order chi connectivity index (χ1) is 8.29. The lowest BCUT2D eigenvalue weighted by Crippen LogP contribution is -2.32. The van der Waals surface area contributed by atoms with E-state index in [1.165, 1.54) is 6.33 Å². The summed E-state index contributed by atoms with van der Waals surface area (Å²) in [6, 6.07) is 0.413. The number of nitrogens with two attached hydrogens (primary N) is 1. The maximum atomic E-state index is 5.75. The molecule has 0 amide bonds. The van der Waals surface area contributed by atoms with Crippen molar-refractivity contribution in [1.82, 2.24) is 19.5 Å². The van der Waals surface area contributed by atoms with E-state index >= 15 is 0 Å². The standard InChI is InChI=1S/C10H14N5OP/c11-9-8-10(13-3-12-9)15(4-14-8)6-1-7(2-6)16-5-17/h3-4,6-7H,1-2,5,17H2,(H2,11,12,13). The minimum atomic E-state index is 0.356. The lowest BCUT2D eigenvalue weighted by atomic mass is 9.89. The summed E-state index contributed by atoms with van der Waals surface area (Å²) in [6.45, 7) is 0. The second-order valence-corrected chi connectivity index (χ2v) is 4.50. The average Bonchev–Trinajstić information content (AvgIpc) is 2.68. The molecular formula is C10H14N5OP. The van der Waals surface area contributed by atoms with Crippen molar-refractivity contribution in [2.24, 2.45) is 0 Å². The molecule has 1 aliphatic carbocycles. The number of anilines is 1. The van der Waals surface area contributed by atoms with E-state index in [-0.39, 0.29) is 0 Å². The van der Waals surface area contributed by atoms with Gasteiger partial charge < -0.3 is 15.0 Å². The van der Waals surface area contributed by atoms with E-state index in [9.17, 15) is 0 Å². The van der Waals surface area contributed by atoms with Gasteiger partial charge in [0.2, 0.25) is 0 Å². The largest absolute Gasteiger partial charge is 0.382 e. The Morgan fingerprint density at radius 2 is 2.24 bits per heavy atom. The summed E-state index contributed by atoms with van der Waals surface area (Å²) in [6.07, 6.45) is 6.32. The van der Waals surface area contributed by atoms with Crippen molar-refractivity contribution < 1.29 is 4.74 Å². The van der Waals surface area contributed by atoms with Crippen LogP contribution in [0.25, 0.3) is 11.2 Å². The number of fused-ring (bicyclic) bond motifs is 1. The van der Waals surface area contributed by atoms with Crippen molar-refractivity contribution in [2.75, 3.05) is 12.1 Å². The Balaban J connectivity index is 1.85. The third-order valence-electron chi connectivity index (χ3n) is 3.18. The summed E-state index contributed by atoms with van der Waals surface area (Å²) in [4.78, 5) is 12.4. The molecule has 1 fully saturated rings. The molecule has 2 aromatic rings. The minimum Gasteiger partial charge on any atom is -0.382 e. The highest BCUT2D eigenvalue weighted by atomic mass is 31.0. The Bertz CT molecular complexity index is 536. The van der Waals surface area contributed by atoms with Gasteiger partial charge in [-0.25, -0.2) is 15.0 Å². The van der Waals surface area contributed by atoms with Crippen molar-refractivity contribution in [2.45, 2.75) is 25.0 Å². The van der Waals surface area contributed by atoms with Crippen LogP contribution in [-0.4, -0.2) is 32.0 Å². The summed E-state index contributed by atoms with van der Waals surface area (Å²) in [5.41, 5.74) is 7.24. The summed E-state index contributed by atoms with van der Waals surface area (Å²) >= 11 is 0. The molecule has 2 aromatic heterocycles. The van der Waals surface area contributed by atoms with Gasteiger partial charge >= 0.3 is 0 Å². The number of rotatable bonds is 3. The SMILES string of the molecule is Nc1ncnc2c1ncn2C1CC(OCP)C1. The van der Waals surface area contributed by atoms with E-state index < -0.39 is 0 Å². The van der Waals surface area contributed by atoms with Crippen LogP contribution in [0.2, 0.25) is 0 Å². The Morgan fingerprint density at radius 1 is 1.41 bits per heavy atom. The lowest BCUT2D eigenvalue weighted by Gasteiger charge is -2.35. The van der Waals surface area contributed by atoms with E-state index in [0.717, 1.165) is 18.5 Å². The third kappa shape index (κ3) is 1.77. The molecule has 0 aromatic carbocycles. The number of hydrogen-bond acceptors (Lipinski definition) is 5. The van der Waals surface area contributed by atoms with E-state index in [4.69, 9.17) is 10.5 Å². The molecule has 2 heterocycles. The van der Waals surface area contributed by atoms with Crippen molar-refractivity contribution in [1.29, 1.82) is 0 Å². The third-order valence-corrected chi connectivity index (χ3v) is 3.37. The highest BCUT2D eigenvalue weighted by Crippen LogP contribution is 2.36. The zero-order valence-electron chi connectivity index (χ0n) is 9.28. The summed E-state index contributed by atoms with van der Waals surface area (Å²) in [5, 5.41) is 0. The fourth-order valence-corrected chi connectivity index (χ4v) is 2.45. The molecular weight excluding hydrogens is 237 g/mol. The minimum absolute atomic E-state index is 0.356. The van der Waals surface area contributed by atoms with Gasteiger partial charge in [-0.3, -0.25) is 0 Å². The van der Waals surface area contributed by atoms with Gasteiger partial charge in [0.25, 0.3) is 0 Å². The fraction of sp³-hybridized carbons (Fsp3) is 0.500. The van der Waals surface area contributed by atoms with Gasteiger partial charge in [0, 0.05) is 6.04 Å². The van der Waals surface area contributed by atoms with Crippen LogP contribution in [-0.2, 0) is 4.74 Å². The highest BCUT2D eigenvalue weighted by Gasteiger charge is 2.32. The predicted molar refractivity (Wildman–Crippen MR) is 67.5 cm³/mol. The fourth-order valence-electron chi connectivity index (χ4n) is 2.17. The molecule has 7 heteroatoms. The normalized spacial score (nSPS) is 23.8. The maximum Gasteiger partial charge on any atom is 0.165 e. The Labute approximate surface area is 101 Å². The molecule has 6 nitrogen and oxygen atoms in total. The van der Waals surface area contributed by atoms with Gasteiger partial charge in [0.15, 0.2) is 11.5 Å². The van der Waals surface area contributed by atoms with E-state index in [0.29, 0.717) is 29.8 Å². The van der Waals surface area contributed by atoms with Crippen LogP contribution in [0, 0.1) is 0 Å². The van der Waals surface area contributed by atoms with Crippen LogP contribution in [0.1, 0.15) is 18.9 Å². The number of aromatic nitrogens is 4. The topological polar surface area (TPSA) is 78.9 Å². The van der Waals surface area contributed by atoms with Crippen molar-refractivity contribution in [3.63, 3.8) is 0 Å². The molecule has 17 heavy (non-hydrogen) atoms. The van der Waals surface area contributed by atoms with E-state index in [2.05, 4.69) is 28.8 Å². The number of hydrogen-bond donors (Lipinski definition) is 1. The highest BCUT2D eigenvalue weighted by molar-refractivity contribution is 7.16. The molecule has 0 aliphatic heterocycles. The van der Waals surface area contributed by atoms with Gasteiger partial charge in [-0.05, 0) is 12.8 Å². The van der Waals surface area contributed by atoms with Crippen LogP contribution in [0.15, 0.2) is 12.7 Å². The summed E-state index contributed by atoms with van der Waals surface area (Å²) in [5.74, 6) is 0.436. The monoisotopic (exact) mass is 251 g/mol. The van der Waals surface area contributed by atoms with Crippen LogP contribution < -0.4 is 5.73 Å². The molecule has 0 bridgehead atoms. The smallest absolute Gasteiger partial charge is 0.165 e. The molecule has 0 saturated heterocycles. The number of imidazole rings is 1. The first-order valence-corrected chi connectivity index (χ1v) is 6.36. The molecule has 1 aliphatic rings. The van der Waals surface area contributed by atoms with E-state index in [1.54, 1.807) is 6.33 Å². The van der Waals surface area contributed by atoms with E-state index in [1.807, 2.05) is 0 Å². The first-order valence-electron chi connectivity index (χ1n) is 5.54. The molecule has 1 atom stereocenters. The maximum absolute atomic E-state index is 5.75. The van der Waals surface area contributed by atoms with Gasteiger partial charge in [0.05, 0.1) is 18.8 Å². The second-order valence-electron chi connectivity index (χ2n) is 4.16. The number of nitrogen functional groups attached to an aromatic ring is 1. The van der Waals surface area contributed by atoms with Gasteiger partial charge in [-0.2, -0.15) is 0 Å². The zero-order valence-corrected chi connectivity index (χ0v) is 10.4. The summed E-state index contributed by atoms with van der Waals surface area (Å²) in [7, 11) is 2.57. The van der Waals surface area contributed by atoms with Crippen molar-refractivity contribution >= 4 is 26.2 Å². The quantitative estimate of drug-likeness (QED) is 0.822. The van der Waals surface area contributed by atoms with Crippen LogP contribution in [0.3, 0.4) is 0 Å². The average molecular weight is 251 g/mol. The molecule has 3 rings (SSSR count). The predicted octanol–water partition coefficient (Wildman–Crippen LogP) is 0.961. The molecule has 2 N–H and O–H groups in total. The van der Waals surface area contributed by atoms with Crippen molar-refractivity contribution in [3.8, 4) is 0 Å². The van der Waals surface area contributed by atoms with Crippen LogP contribution in [0.4, 0.5) is 5.82 Å². The first kappa shape index (κ1) is 10.9. The molecule has 1 unspecified atom stereocenters. The molecule has 0 spiro atoms. The van der Waals surface area contributed by atoms with Crippen LogP contribution in [0.5, 0.6) is 0 Å². The zero-order chi connectivity index (χ0) is 11.8. The van der Waals surface area contributed by atoms with Gasteiger partial charge in [-0.15, -0.1) is 9.24 Å². The number of nitrogens with zero attached hydrogens (tertiary/aromatic N) is 4. The molecule has 90 valence electrons.